The van der Waals surface area contributed by atoms with E-state index in [-0.39, 0.29) is 0 Å². The summed E-state index contributed by atoms with van der Waals surface area (Å²) in [4.78, 5) is 4.01. The van der Waals surface area contributed by atoms with E-state index >= 15 is 0 Å². The zero-order valence-electron chi connectivity index (χ0n) is 6.55. The van der Waals surface area contributed by atoms with E-state index in [4.69, 9.17) is 4.74 Å². The average Bonchev–Trinajstić information content (AvgIpc) is 1.99. The smallest absolute Gasteiger partial charge is 0.187 e. The van der Waals surface area contributed by atoms with Gasteiger partial charge in [0.05, 0.1) is 12.8 Å². The normalized spacial score (nSPS) is 10.8. The van der Waals surface area contributed by atoms with Crippen LogP contribution in [0, 0.1) is 0 Å². The van der Waals surface area contributed by atoms with Gasteiger partial charge in [0, 0.05) is 6.42 Å². The molecule has 0 fully saturated rings. The second kappa shape index (κ2) is 4.79. The quantitative estimate of drug-likeness (QED) is 0.333. The molecule has 0 aliphatic rings. The molecule has 0 spiro atoms. The first-order valence-electron chi connectivity index (χ1n) is 3.17. The van der Waals surface area contributed by atoms with Crippen molar-refractivity contribution in [3.8, 4) is 0 Å². The van der Waals surface area contributed by atoms with Gasteiger partial charge in [-0.2, -0.15) is 0 Å². The van der Waals surface area contributed by atoms with Crippen molar-refractivity contribution in [2.45, 2.75) is 13.3 Å². The minimum atomic E-state index is 0.638. The molecule has 0 amide bonds. The standard InChI is InChI=1S/C8H13NO/c1-5-7(3)9-8(6-2)10-4/h5H,1,3,6H2,2,4H3. The summed E-state index contributed by atoms with van der Waals surface area (Å²) in [5.74, 6) is 0.685. The molecule has 10 heavy (non-hydrogen) atoms. The molecular weight excluding hydrogens is 126 g/mol. The Labute approximate surface area is 61.9 Å². The van der Waals surface area contributed by atoms with Gasteiger partial charge in [-0.1, -0.05) is 20.1 Å². The Morgan fingerprint density at radius 2 is 2.30 bits per heavy atom. The number of aliphatic imine (C=N–C) groups is 1. The van der Waals surface area contributed by atoms with Gasteiger partial charge in [0.25, 0.3) is 0 Å². The summed E-state index contributed by atoms with van der Waals surface area (Å²) in [6.07, 6.45) is 2.37. The largest absolute Gasteiger partial charge is 0.484 e. The van der Waals surface area contributed by atoms with Gasteiger partial charge in [-0.3, -0.25) is 0 Å². The second-order valence-electron chi connectivity index (χ2n) is 1.76. The Balaban J connectivity index is 4.09. The molecule has 0 atom stereocenters. The lowest BCUT2D eigenvalue weighted by Gasteiger charge is -1.99. The number of hydrogen-bond donors (Lipinski definition) is 0. The van der Waals surface area contributed by atoms with E-state index in [0.717, 1.165) is 6.42 Å². The molecule has 0 heterocycles. The third-order valence-corrected chi connectivity index (χ3v) is 1.04. The molecule has 0 aromatic rings. The van der Waals surface area contributed by atoms with Gasteiger partial charge >= 0.3 is 0 Å². The molecule has 0 aromatic carbocycles. The molecular formula is C8H13NO. The number of ether oxygens (including phenoxy) is 1. The summed E-state index contributed by atoms with van der Waals surface area (Å²) in [5, 5.41) is 0. The van der Waals surface area contributed by atoms with Crippen LogP contribution >= 0.6 is 0 Å². The lowest BCUT2D eigenvalue weighted by Crippen LogP contribution is -1.98. The summed E-state index contributed by atoms with van der Waals surface area (Å²) in [7, 11) is 1.60. The van der Waals surface area contributed by atoms with Crippen LogP contribution < -0.4 is 0 Å². The first-order chi connectivity index (χ1) is 4.74. The van der Waals surface area contributed by atoms with E-state index in [2.05, 4.69) is 18.2 Å². The Kier molecular flexibility index (Phi) is 4.29. The number of allylic oxidation sites excluding steroid dienone is 1. The minimum absolute atomic E-state index is 0.638. The molecule has 0 aromatic heterocycles. The SMILES string of the molecule is C=CC(=C)N=C(CC)OC. The highest BCUT2D eigenvalue weighted by Gasteiger charge is 1.91. The van der Waals surface area contributed by atoms with E-state index in [9.17, 15) is 0 Å². The van der Waals surface area contributed by atoms with Crippen molar-refractivity contribution in [3.63, 3.8) is 0 Å². The van der Waals surface area contributed by atoms with E-state index in [1.54, 1.807) is 13.2 Å². The third kappa shape index (κ3) is 3.07. The van der Waals surface area contributed by atoms with Gasteiger partial charge in [0.15, 0.2) is 5.90 Å². The van der Waals surface area contributed by atoms with Gasteiger partial charge < -0.3 is 4.74 Å². The van der Waals surface area contributed by atoms with Crippen LogP contribution in [0.15, 0.2) is 29.9 Å². The minimum Gasteiger partial charge on any atom is -0.484 e. The molecule has 0 aliphatic carbocycles. The molecule has 2 heteroatoms. The second-order valence-corrected chi connectivity index (χ2v) is 1.76. The lowest BCUT2D eigenvalue weighted by molar-refractivity contribution is 0.392. The van der Waals surface area contributed by atoms with Crippen LogP contribution in [0.1, 0.15) is 13.3 Å². The van der Waals surface area contributed by atoms with Crippen molar-refractivity contribution >= 4 is 5.90 Å². The van der Waals surface area contributed by atoms with Gasteiger partial charge in [0.2, 0.25) is 0 Å². The fourth-order valence-electron chi connectivity index (χ4n) is 0.475. The van der Waals surface area contributed by atoms with Crippen molar-refractivity contribution in [2.24, 2.45) is 4.99 Å². The molecule has 0 rings (SSSR count). The van der Waals surface area contributed by atoms with Crippen LogP contribution in [0.3, 0.4) is 0 Å². The van der Waals surface area contributed by atoms with Gasteiger partial charge in [0.1, 0.15) is 0 Å². The topological polar surface area (TPSA) is 21.6 Å². The number of nitrogens with zero attached hydrogens (tertiary/aromatic N) is 1. The zero-order chi connectivity index (χ0) is 7.98. The van der Waals surface area contributed by atoms with Crippen LogP contribution in [-0.2, 0) is 4.74 Å². The highest BCUT2D eigenvalue weighted by atomic mass is 16.5. The maximum Gasteiger partial charge on any atom is 0.187 e. The number of rotatable bonds is 3. The van der Waals surface area contributed by atoms with Crippen molar-refractivity contribution in [1.82, 2.24) is 0 Å². The van der Waals surface area contributed by atoms with Crippen molar-refractivity contribution in [2.75, 3.05) is 7.11 Å². The maximum absolute atomic E-state index is 4.91. The maximum atomic E-state index is 4.91. The highest BCUT2D eigenvalue weighted by molar-refractivity contribution is 5.76. The van der Waals surface area contributed by atoms with Crippen LogP contribution in [0.4, 0.5) is 0 Å². The van der Waals surface area contributed by atoms with Crippen LogP contribution in [0.25, 0.3) is 0 Å². The monoisotopic (exact) mass is 139 g/mol. The van der Waals surface area contributed by atoms with E-state index < -0.39 is 0 Å². The Bertz CT molecular complexity index is 153. The third-order valence-electron chi connectivity index (χ3n) is 1.04. The molecule has 0 radical (unpaired) electrons. The molecule has 0 N–H and O–H groups in total. The molecule has 56 valence electrons. The highest BCUT2D eigenvalue weighted by Crippen LogP contribution is 1.96. The fourth-order valence-corrected chi connectivity index (χ4v) is 0.475. The molecule has 0 bridgehead atoms. The van der Waals surface area contributed by atoms with Crippen LogP contribution in [0.5, 0.6) is 0 Å². The summed E-state index contributed by atoms with van der Waals surface area (Å²) in [6, 6.07) is 0. The van der Waals surface area contributed by atoms with E-state index in [0.29, 0.717) is 11.6 Å². The molecule has 0 aliphatic heterocycles. The lowest BCUT2D eigenvalue weighted by atomic mass is 10.4. The molecule has 0 saturated heterocycles. The van der Waals surface area contributed by atoms with Crippen LogP contribution in [0.2, 0.25) is 0 Å². The van der Waals surface area contributed by atoms with Gasteiger partial charge in [-0.05, 0) is 6.08 Å². The van der Waals surface area contributed by atoms with Crippen LogP contribution in [-0.4, -0.2) is 13.0 Å². The van der Waals surface area contributed by atoms with Gasteiger partial charge in [-0.15, -0.1) is 0 Å². The average molecular weight is 139 g/mol. The first-order valence-corrected chi connectivity index (χ1v) is 3.17. The number of methoxy groups -OCH3 is 1. The summed E-state index contributed by atoms with van der Waals surface area (Å²) in [6.45, 7) is 9.11. The van der Waals surface area contributed by atoms with Crippen molar-refractivity contribution in [1.29, 1.82) is 0 Å². The molecule has 0 saturated carbocycles. The summed E-state index contributed by atoms with van der Waals surface area (Å²) in [5.41, 5.74) is 0.638. The van der Waals surface area contributed by atoms with Gasteiger partial charge in [-0.25, -0.2) is 4.99 Å². The summed E-state index contributed by atoms with van der Waals surface area (Å²) < 4.78 is 4.91. The van der Waals surface area contributed by atoms with Crippen molar-refractivity contribution < 1.29 is 4.74 Å². The predicted octanol–water partition coefficient (Wildman–Crippen LogP) is 2.14. The Hall–Kier alpha value is -1.05. The predicted molar refractivity (Wildman–Crippen MR) is 44.1 cm³/mol. The first kappa shape index (κ1) is 8.95. The van der Waals surface area contributed by atoms with E-state index in [1.165, 1.54) is 0 Å². The number of hydrogen-bond acceptors (Lipinski definition) is 2. The summed E-state index contributed by atoms with van der Waals surface area (Å²) >= 11 is 0. The fraction of sp³-hybridized carbons (Fsp3) is 0.375. The zero-order valence-corrected chi connectivity index (χ0v) is 6.55. The Morgan fingerprint density at radius 3 is 2.60 bits per heavy atom. The Morgan fingerprint density at radius 1 is 1.70 bits per heavy atom. The molecule has 0 unspecified atom stereocenters. The molecule has 2 nitrogen and oxygen atoms in total. The van der Waals surface area contributed by atoms with Crippen molar-refractivity contribution in [3.05, 3.63) is 24.9 Å². The van der Waals surface area contributed by atoms with E-state index in [1.807, 2.05) is 6.92 Å².